The van der Waals surface area contributed by atoms with Gasteiger partial charge in [-0.2, -0.15) is 24.9 Å². The Balaban J connectivity index is 2.21. The van der Waals surface area contributed by atoms with E-state index in [9.17, 15) is 13.2 Å². The highest BCUT2D eigenvalue weighted by Crippen LogP contribution is 2.30. The Morgan fingerprint density at radius 3 is 2.47 bits per heavy atom. The summed E-state index contributed by atoms with van der Waals surface area (Å²) in [6.07, 6.45) is 0.558. The zero-order valence-electron chi connectivity index (χ0n) is 10.4. The van der Waals surface area contributed by atoms with Crippen LogP contribution in [0, 0.1) is 0 Å². The monoisotopic (exact) mass is 269 g/mol. The number of rotatable bonds is 7. The lowest BCUT2D eigenvalue weighted by atomic mass is 10.2. The van der Waals surface area contributed by atoms with Crippen LogP contribution in [0.15, 0.2) is 0 Å². The van der Waals surface area contributed by atoms with Gasteiger partial charge in [0.1, 0.15) is 0 Å². The van der Waals surface area contributed by atoms with Gasteiger partial charge in [0, 0.05) is 23.5 Å². The molecule has 102 valence electrons. The molecule has 0 spiro atoms. The van der Waals surface area contributed by atoms with Crippen molar-refractivity contribution in [2.75, 3.05) is 12.3 Å². The molecule has 17 heavy (non-hydrogen) atoms. The van der Waals surface area contributed by atoms with E-state index in [1.807, 2.05) is 18.7 Å². The minimum atomic E-state index is -4.02. The van der Waals surface area contributed by atoms with Crippen molar-refractivity contribution in [3.05, 3.63) is 0 Å². The van der Waals surface area contributed by atoms with Gasteiger partial charge in [0.2, 0.25) is 0 Å². The van der Waals surface area contributed by atoms with Gasteiger partial charge in [-0.3, -0.25) is 0 Å². The van der Waals surface area contributed by atoms with Crippen LogP contribution >= 0.6 is 11.8 Å². The van der Waals surface area contributed by atoms with E-state index in [2.05, 4.69) is 5.32 Å². The molecule has 0 amide bonds. The highest BCUT2D eigenvalue weighted by atomic mass is 32.2. The molecule has 0 aromatic rings. The second-order valence-electron chi connectivity index (χ2n) is 4.65. The van der Waals surface area contributed by atoms with Gasteiger partial charge < -0.3 is 5.32 Å². The van der Waals surface area contributed by atoms with E-state index in [4.69, 9.17) is 0 Å². The molecule has 1 aliphatic carbocycles. The molecule has 0 heterocycles. The highest BCUT2D eigenvalue weighted by Gasteiger charge is 2.28. The van der Waals surface area contributed by atoms with Crippen molar-refractivity contribution in [2.24, 2.45) is 0 Å². The molecule has 1 nitrogen and oxygen atoms in total. The molecule has 0 radical (unpaired) electrons. The second-order valence-corrected chi connectivity index (χ2v) is 5.98. The molecule has 0 aliphatic heterocycles. The summed E-state index contributed by atoms with van der Waals surface area (Å²) in [5.41, 5.74) is 0. The molecule has 1 aliphatic rings. The summed E-state index contributed by atoms with van der Waals surface area (Å²) in [7, 11) is 0. The first-order valence-corrected chi connectivity index (χ1v) is 7.48. The first kappa shape index (κ1) is 15.2. The Labute approximate surface area is 106 Å². The van der Waals surface area contributed by atoms with Crippen LogP contribution in [-0.4, -0.2) is 29.8 Å². The molecule has 1 unspecified atom stereocenters. The molecule has 1 N–H and O–H groups in total. The third-order valence-corrected chi connectivity index (χ3v) is 4.64. The third-order valence-electron chi connectivity index (χ3n) is 3.10. The standard InChI is InChI=1S/C12H22F3NS/c1-2-16-10(7-8-12(13,14)15)9-17-11-5-3-4-6-11/h10-11,16H,2-9H2,1H3. The number of nitrogens with one attached hydrogen (secondary N) is 1. The third kappa shape index (κ3) is 7.19. The van der Waals surface area contributed by atoms with E-state index in [1.165, 1.54) is 25.7 Å². The fraction of sp³-hybridized carbons (Fsp3) is 1.00. The average Bonchev–Trinajstić information content (AvgIpc) is 2.74. The van der Waals surface area contributed by atoms with Gasteiger partial charge in [-0.25, -0.2) is 0 Å². The lowest BCUT2D eigenvalue weighted by molar-refractivity contribution is -0.136. The summed E-state index contributed by atoms with van der Waals surface area (Å²) in [5, 5.41) is 3.84. The Hall–Kier alpha value is 0.100. The number of thioether (sulfide) groups is 1. The first-order valence-electron chi connectivity index (χ1n) is 6.43. The maximum absolute atomic E-state index is 12.2. The van der Waals surface area contributed by atoms with Gasteiger partial charge in [0.15, 0.2) is 0 Å². The molecular formula is C12H22F3NS. The zero-order valence-corrected chi connectivity index (χ0v) is 11.2. The van der Waals surface area contributed by atoms with Crippen LogP contribution in [0.3, 0.4) is 0 Å². The van der Waals surface area contributed by atoms with Crippen LogP contribution in [0.2, 0.25) is 0 Å². The lowest BCUT2D eigenvalue weighted by Crippen LogP contribution is -2.33. The van der Waals surface area contributed by atoms with Crippen molar-refractivity contribution in [1.82, 2.24) is 5.32 Å². The van der Waals surface area contributed by atoms with Gasteiger partial charge in [0.05, 0.1) is 0 Å². The molecule has 0 bridgehead atoms. The predicted octanol–water partition coefficient (Wildman–Crippen LogP) is 3.98. The fourth-order valence-electron chi connectivity index (χ4n) is 2.18. The number of hydrogen-bond donors (Lipinski definition) is 1. The average molecular weight is 269 g/mol. The molecule has 1 saturated carbocycles. The van der Waals surface area contributed by atoms with Crippen LogP contribution in [0.1, 0.15) is 45.4 Å². The zero-order chi connectivity index (χ0) is 12.7. The number of halogens is 3. The minimum absolute atomic E-state index is 0.00669. The Kier molecular flexibility index (Phi) is 6.70. The van der Waals surface area contributed by atoms with Crippen molar-refractivity contribution >= 4 is 11.8 Å². The smallest absolute Gasteiger partial charge is 0.313 e. The van der Waals surface area contributed by atoms with Gasteiger partial charge >= 0.3 is 6.18 Å². The molecule has 1 fully saturated rings. The van der Waals surface area contributed by atoms with Crippen molar-refractivity contribution in [3.63, 3.8) is 0 Å². The normalized spacial score (nSPS) is 19.8. The summed E-state index contributed by atoms with van der Waals surface area (Å²) in [4.78, 5) is 0. The van der Waals surface area contributed by atoms with E-state index >= 15 is 0 Å². The largest absolute Gasteiger partial charge is 0.389 e. The van der Waals surface area contributed by atoms with Gasteiger partial charge in [-0.05, 0) is 25.8 Å². The van der Waals surface area contributed by atoms with Crippen LogP contribution in [0.25, 0.3) is 0 Å². The maximum Gasteiger partial charge on any atom is 0.389 e. The summed E-state index contributed by atoms with van der Waals surface area (Å²) >= 11 is 1.85. The molecule has 0 aromatic heterocycles. The van der Waals surface area contributed by atoms with E-state index in [1.54, 1.807) is 0 Å². The molecular weight excluding hydrogens is 247 g/mol. The van der Waals surface area contributed by atoms with Gasteiger partial charge in [0.25, 0.3) is 0 Å². The van der Waals surface area contributed by atoms with Gasteiger partial charge in [-0.15, -0.1) is 0 Å². The second kappa shape index (κ2) is 7.52. The predicted molar refractivity (Wildman–Crippen MR) is 67.5 cm³/mol. The summed E-state index contributed by atoms with van der Waals surface area (Å²) in [6.45, 7) is 2.69. The number of alkyl halides is 3. The highest BCUT2D eigenvalue weighted by molar-refractivity contribution is 7.99. The molecule has 0 aromatic carbocycles. The molecule has 5 heteroatoms. The Bertz CT molecular complexity index is 202. The van der Waals surface area contributed by atoms with Crippen LogP contribution in [-0.2, 0) is 0 Å². The Morgan fingerprint density at radius 2 is 1.94 bits per heavy atom. The number of hydrogen-bond acceptors (Lipinski definition) is 2. The lowest BCUT2D eigenvalue weighted by Gasteiger charge is -2.20. The van der Waals surface area contributed by atoms with E-state index in [0.717, 1.165) is 12.3 Å². The Morgan fingerprint density at radius 1 is 1.29 bits per heavy atom. The minimum Gasteiger partial charge on any atom is -0.313 e. The van der Waals surface area contributed by atoms with Crippen LogP contribution in [0.5, 0.6) is 0 Å². The van der Waals surface area contributed by atoms with Crippen LogP contribution < -0.4 is 5.32 Å². The summed E-state index contributed by atoms with van der Waals surface area (Å²) < 4.78 is 36.5. The molecule has 1 rings (SSSR count). The SMILES string of the molecule is CCNC(CCC(F)(F)F)CSC1CCCC1. The quantitative estimate of drug-likeness (QED) is 0.750. The first-order chi connectivity index (χ1) is 8.01. The van der Waals surface area contributed by atoms with Crippen LogP contribution in [0.4, 0.5) is 13.2 Å². The van der Waals surface area contributed by atoms with Crippen molar-refractivity contribution in [3.8, 4) is 0 Å². The van der Waals surface area contributed by atoms with E-state index in [0.29, 0.717) is 5.25 Å². The van der Waals surface area contributed by atoms with E-state index in [-0.39, 0.29) is 12.5 Å². The fourth-order valence-corrected chi connectivity index (χ4v) is 3.63. The maximum atomic E-state index is 12.2. The topological polar surface area (TPSA) is 12.0 Å². The van der Waals surface area contributed by atoms with Crippen molar-refractivity contribution in [1.29, 1.82) is 0 Å². The molecule has 0 saturated heterocycles. The molecule has 1 atom stereocenters. The summed E-state index contributed by atoms with van der Waals surface area (Å²) in [5.74, 6) is 0.814. The van der Waals surface area contributed by atoms with Crippen molar-refractivity contribution < 1.29 is 13.2 Å². The van der Waals surface area contributed by atoms with Gasteiger partial charge in [-0.1, -0.05) is 19.8 Å². The van der Waals surface area contributed by atoms with E-state index < -0.39 is 12.6 Å². The summed E-state index contributed by atoms with van der Waals surface area (Å²) in [6, 6.07) is 0.00669. The van der Waals surface area contributed by atoms with Crippen molar-refractivity contribution in [2.45, 2.75) is 62.9 Å².